The Kier molecular flexibility index (Phi) is 4.77. The van der Waals surface area contributed by atoms with Gasteiger partial charge in [0.15, 0.2) is 0 Å². The van der Waals surface area contributed by atoms with Gasteiger partial charge in [0.1, 0.15) is 10.5 Å². The van der Waals surface area contributed by atoms with Crippen LogP contribution in [0.4, 0.5) is 0 Å². The number of rotatable bonds is 5. The van der Waals surface area contributed by atoms with E-state index in [1.165, 1.54) is 23.5 Å². The summed E-state index contributed by atoms with van der Waals surface area (Å²) in [5, 5.41) is 10.3. The van der Waals surface area contributed by atoms with E-state index in [1.54, 1.807) is 0 Å². The zero-order valence-corrected chi connectivity index (χ0v) is 9.49. The van der Waals surface area contributed by atoms with E-state index in [-0.39, 0.29) is 28.9 Å². The van der Waals surface area contributed by atoms with E-state index in [2.05, 4.69) is 5.32 Å². The molecule has 0 aliphatic carbocycles. The topological polar surface area (TPSA) is 66.4 Å². The van der Waals surface area contributed by atoms with Crippen molar-refractivity contribution in [2.75, 3.05) is 18.1 Å². The number of nitrogens with one attached hydrogen (secondary N) is 1. The predicted octanol–water partition coefficient (Wildman–Crippen LogP) is -0.141. The van der Waals surface area contributed by atoms with Crippen LogP contribution in [0.3, 0.4) is 0 Å². The second kappa shape index (κ2) is 5.63. The fraction of sp³-hybridized carbons (Fsp3) is 0.750. The zero-order chi connectivity index (χ0) is 10.6. The van der Waals surface area contributed by atoms with Gasteiger partial charge >= 0.3 is 0 Å². The molecule has 2 unspecified atom stereocenters. The standard InChI is InChI=1S/C8H13NO3S2/c1-2-13-5-6(14-4-3-10)8(12)9-7(5)11/h5-6,10H,2-4H2,1H3,(H,9,11,12). The summed E-state index contributed by atoms with van der Waals surface area (Å²) in [6.07, 6.45) is 0. The van der Waals surface area contributed by atoms with Crippen molar-refractivity contribution in [3.63, 3.8) is 0 Å². The van der Waals surface area contributed by atoms with E-state index < -0.39 is 0 Å². The molecule has 0 aromatic heterocycles. The van der Waals surface area contributed by atoms with Crippen molar-refractivity contribution in [3.8, 4) is 0 Å². The van der Waals surface area contributed by atoms with Gasteiger partial charge < -0.3 is 5.11 Å². The molecule has 6 heteroatoms. The Morgan fingerprint density at radius 3 is 2.36 bits per heavy atom. The van der Waals surface area contributed by atoms with Crippen LogP contribution in [-0.4, -0.2) is 45.5 Å². The Labute approximate surface area is 91.2 Å². The molecular weight excluding hydrogens is 222 g/mol. The summed E-state index contributed by atoms with van der Waals surface area (Å²) in [5.41, 5.74) is 0. The van der Waals surface area contributed by atoms with Gasteiger partial charge in [0.2, 0.25) is 11.8 Å². The first kappa shape index (κ1) is 11.9. The van der Waals surface area contributed by atoms with Crippen LogP contribution in [0.25, 0.3) is 0 Å². The monoisotopic (exact) mass is 235 g/mol. The molecule has 2 amide bonds. The van der Waals surface area contributed by atoms with Crippen LogP contribution in [0, 0.1) is 0 Å². The minimum Gasteiger partial charge on any atom is -0.396 e. The van der Waals surface area contributed by atoms with Crippen molar-refractivity contribution in [1.29, 1.82) is 0 Å². The van der Waals surface area contributed by atoms with Crippen molar-refractivity contribution in [2.45, 2.75) is 17.4 Å². The van der Waals surface area contributed by atoms with E-state index in [1.807, 2.05) is 6.92 Å². The quantitative estimate of drug-likeness (QED) is 0.649. The minimum atomic E-state index is -0.334. The van der Waals surface area contributed by atoms with Crippen LogP contribution in [0.2, 0.25) is 0 Å². The van der Waals surface area contributed by atoms with Crippen LogP contribution in [0.5, 0.6) is 0 Å². The molecule has 2 N–H and O–H groups in total. The Balaban J connectivity index is 2.58. The molecule has 1 fully saturated rings. The number of aliphatic hydroxyl groups excluding tert-OH is 1. The summed E-state index contributed by atoms with van der Waals surface area (Å²) in [5.74, 6) is 0.880. The average Bonchev–Trinajstić information content (AvgIpc) is 2.40. The van der Waals surface area contributed by atoms with Gasteiger partial charge in [-0.1, -0.05) is 6.92 Å². The Bertz CT molecular complexity index is 235. The summed E-state index contributed by atoms with van der Waals surface area (Å²) in [4.78, 5) is 22.6. The molecule has 1 saturated heterocycles. The third-order valence-electron chi connectivity index (χ3n) is 1.77. The molecule has 4 nitrogen and oxygen atoms in total. The fourth-order valence-corrected chi connectivity index (χ4v) is 3.43. The molecule has 80 valence electrons. The van der Waals surface area contributed by atoms with Crippen LogP contribution in [0.15, 0.2) is 0 Å². The predicted molar refractivity (Wildman–Crippen MR) is 58.4 cm³/mol. The van der Waals surface area contributed by atoms with E-state index in [0.29, 0.717) is 5.75 Å². The highest BCUT2D eigenvalue weighted by molar-refractivity contribution is 8.04. The van der Waals surface area contributed by atoms with Crippen molar-refractivity contribution in [3.05, 3.63) is 0 Å². The van der Waals surface area contributed by atoms with Crippen LogP contribution in [-0.2, 0) is 9.59 Å². The molecule has 2 atom stereocenters. The van der Waals surface area contributed by atoms with Gasteiger partial charge in [-0.3, -0.25) is 14.9 Å². The second-order valence-corrected chi connectivity index (χ2v) is 5.41. The van der Waals surface area contributed by atoms with Crippen LogP contribution in [0.1, 0.15) is 6.92 Å². The molecule has 14 heavy (non-hydrogen) atoms. The molecule has 1 rings (SSSR count). The summed E-state index contributed by atoms with van der Waals surface area (Å²) < 4.78 is 0. The molecule has 1 heterocycles. The second-order valence-electron chi connectivity index (χ2n) is 2.74. The Morgan fingerprint density at radius 1 is 1.29 bits per heavy atom. The average molecular weight is 235 g/mol. The molecule has 0 aromatic rings. The maximum Gasteiger partial charge on any atom is 0.241 e. The SMILES string of the molecule is CCSC1C(=O)NC(=O)C1SCCO. The summed E-state index contributed by atoms with van der Waals surface area (Å²) >= 11 is 2.81. The van der Waals surface area contributed by atoms with E-state index in [4.69, 9.17) is 5.11 Å². The lowest BCUT2D eigenvalue weighted by Gasteiger charge is -2.12. The lowest BCUT2D eigenvalue weighted by atomic mass is 10.3. The van der Waals surface area contributed by atoms with Gasteiger partial charge in [-0.2, -0.15) is 0 Å². The summed E-state index contributed by atoms with van der Waals surface area (Å²) in [6.45, 7) is 1.99. The smallest absolute Gasteiger partial charge is 0.241 e. The first-order valence-electron chi connectivity index (χ1n) is 4.39. The molecular formula is C8H13NO3S2. The number of carbonyl (C=O) groups is 2. The molecule has 1 aliphatic rings. The highest BCUT2D eigenvalue weighted by atomic mass is 32.2. The maximum atomic E-state index is 11.3. The number of carbonyl (C=O) groups excluding carboxylic acids is 2. The lowest BCUT2D eigenvalue weighted by Crippen LogP contribution is -2.24. The molecule has 1 aliphatic heterocycles. The van der Waals surface area contributed by atoms with Gasteiger partial charge in [0, 0.05) is 5.75 Å². The zero-order valence-electron chi connectivity index (χ0n) is 7.86. The highest BCUT2D eigenvalue weighted by Crippen LogP contribution is 2.28. The van der Waals surface area contributed by atoms with Crippen molar-refractivity contribution in [1.82, 2.24) is 5.32 Å². The largest absolute Gasteiger partial charge is 0.396 e. The molecule has 0 spiro atoms. The maximum absolute atomic E-state index is 11.3. The molecule has 0 saturated carbocycles. The Hall–Kier alpha value is -0.200. The number of hydrogen-bond donors (Lipinski definition) is 2. The minimum absolute atomic E-state index is 0.0339. The van der Waals surface area contributed by atoms with Gasteiger partial charge in [-0.25, -0.2) is 0 Å². The third kappa shape index (κ3) is 2.65. The van der Waals surface area contributed by atoms with Gasteiger partial charge in [-0.15, -0.1) is 23.5 Å². The van der Waals surface area contributed by atoms with E-state index in [9.17, 15) is 9.59 Å². The van der Waals surface area contributed by atoms with Crippen LogP contribution < -0.4 is 5.32 Å². The number of aliphatic hydroxyl groups is 1. The number of hydrogen-bond acceptors (Lipinski definition) is 5. The fourth-order valence-electron chi connectivity index (χ4n) is 1.22. The third-order valence-corrected chi connectivity index (χ3v) is 4.39. The van der Waals surface area contributed by atoms with Crippen molar-refractivity contribution in [2.24, 2.45) is 0 Å². The lowest BCUT2D eigenvalue weighted by molar-refractivity contribution is -0.124. The van der Waals surface area contributed by atoms with Gasteiger partial charge in [0.05, 0.1) is 6.61 Å². The molecule has 0 bridgehead atoms. The van der Waals surface area contributed by atoms with E-state index >= 15 is 0 Å². The van der Waals surface area contributed by atoms with Crippen molar-refractivity contribution < 1.29 is 14.7 Å². The highest BCUT2D eigenvalue weighted by Gasteiger charge is 2.41. The number of thioether (sulfide) groups is 2. The number of amides is 2. The number of imide groups is 1. The Morgan fingerprint density at radius 2 is 1.86 bits per heavy atom. The van der Waals surface area contributed by atoms with Crippen molar-refractivity contribution >= 4 is 35.3 Å². The summed E-state index contributed by atoms with van der Waals surface area (Å²) in [6, 6.07) is 0. The molecule has 0 aromatic carbocycles. The first-order chi connectivity index (χ1) is 6.70. The summed E-state index contributed by atoms with van der Waals surface area (Å²) in [7, 11) is 0. The molecule has 0 radical (unpaired) electrons. The van der Waals surface area contributed by atoms with Gasteiger partial charge in [-0.05, 0) is 5.75 Å². The van der Waals surface area contributed by atoms with Crippen LogP contribution >= 0.6 is 23.5 Å². The normalized spacial score (nSPS) is 26.7. The van der Waals surface area contributed by atoms with E-state index in [0.717, 1.165) is 5.75 Å². The van der Waals surface area contributed by atoms with Gasteiger partial charge in [0.25, 0.3) is 0 Å². The first-order valence-corrected chi connectivity index (χ1v) is 6.49.